The lowest BCUT2D eigenvalue weighted by atomic mass is 9.40. The number of esters is 1. The molecule has 0 aromatic carbocycles. The molecule has 68 heavy (non-hydrogen) atoms. The number of allylic oxidation sites excluding steroid dienone is 1. The predicted octanol–water partition coefficient (Wildman–Crippen LogP) is -5.02. The minimum atomic E-state index is -2.00. The fourth-order valence-electron chi connectivity index (χ4n) is 13.3. The highest BCUT2D eigenvalue weighted by Crippen LogP contribution is 2.72. The average molecular weight is 981 g/mol. The summed E-state index contributed by atoms with van der Waals surface area (Å²) < 4.78 is 47.9. The molecule has 388 valence electrons. The van der Waals surface area contributed by atoms with E-state index in [1.54, 1.807) is 13.0 Å². The van der Waals surface area contributed by atoms with Crippen LogP contribution in [0.25, 0.3) is 0 Å². The normalized spacial score (nSPS) is 53.7. The van der Waals surface area contributed by atoms with Gasteiger partial charge in [0.25, 0.3) is 0 Å². The zero-order chi connectivity index (χ0) is 49.6. The lowest BCUT2D eigenvalue weighted by Gasteiger charge is -2.64. The maximum atomic E-state index is 14.3. The quantitative estimate of drug-likeness (QED) is 0.0643. The minimum absolute atomic E-state index is 0.0492. The third-order valence-electron chi connectivity index (χ3n) is 16.9. The van der Waals surface area contributed by atoms with E-state index >= 15 is 0 Å². The fourth-order valence-corrected chi connectivity index (χ4v) is 13.3. The molecule has 4 heterocycles. The average Bonchev–Trinajstić information content (AvgIpc) is 3.54. The summed E-state index contributed by atoms with van der Waals surface area (Å²) in [4.78, 5) is 27.7. The first kappa shape index (κ1) is 52.2. The lowest BCUT2D eigenvalue weighted by Crippen LogP contribution is -2.68. The van der Waals surface area contributed by atoms with E-state index < -0.39 is 176 Å². The molecule has 14 N–H and O–H groups in total. The summed E-state index contributed by atoms with van der Waals surface area (Å²) in [5, 5.41) is 148. The Kier molecular flexibility index (Phi) is 14.9. The van der Waals surface area contributed by atoms with Crippen molar-refractivity contribution in [3.8, 4) is 0 Å². The van der Waals surface area contributed by atoms with E-state index in [-0.39, 0.29) is 30.3 Å². The Balaban J connectivity index is 1.09. The molecule has 1 spiro atoms. The molecule has 4 aliphatic carbocycles. The van der Waals surface area contributed by atoms with E-state index in [0.717, 1.165) is 0 Å². The van der Waals surface area contributed by atoms with Gasteiger partial charge in [0, 0.05) is 0 Å². The summed E-state index contributed by atoms with van der Waals surface area (Å²) in [6.07, 6.45) is -29.9. The van der Waals surface area contributed by atoms with Crippen LogP contribution in [0.4, 0.5) is 0 Å². The second kappa shape index (κ2) is 19.4. The van der Waals surface area contributed by atoms with E-state index in [1.807, 2.05) is 0 Å². The Morgan fingerprint density at radius 1 is 0.603 bits per heavy atom. The topological polar surface area (TPSA) is 391 Å². The zero-order valence-corrected chi connectivity index (χ0v) is 37.9. The molecule has 3 saturated carbocycles. The van der Waals surface area contributed by atoms with E-state index in [4.69, 9.17) is 37.9 Å². The number of aliphatic carboxylic acids is 1. The van der Waals surface area contributed by atoms with Gasteiger partial charge in [-0.15, -0.1) is 0 Å². The van der Waals surface area contributed by atoms with E-state index in [0.29, 0.717) is 38.5 Å². The van der Waals surface area contributed by atoms with Gasteiger partial charge in [-0.3, -0.25) is 4.79 Å². The SMILES string of the molecule is C[C@@H]1O[C@@H](O[C@H]2[C@H](OC34CCC5C(C=C3C(=O)O)(CCC3C(C)(C(=O)O[C@@H]6O[C@H](CO)[C@@H](O)[C@H](O)[C@H]6O)CCCC53C)C4)O[C@H](CO)[C@@H](O)[C@@H]2O[C@@H]2O[C@H](CO)[C@@H](O)[C@H](O)[C@H]2O)[C@H](O)[C@H](O)[C@H]1O. The molecule has 0 aromatic rings. The van der Waals surface area contributed by atoms with Crippen LogP contribution >= 0.6 is 0 Å². The van der Waals surface area contributed by atoms with Crippen LogP contribution in [-0.2, 0) is 47.5 Å². The number of rotatable bonds is 12. The standard InChI is InChI=1S/C44H68O24/c1-16-23(48)27(52)30(55)36(61-16)66-34-33(65-37-31(56)28(53)24(49)18(12-45)62-37)26(51)20(14-47)64-39(34)68-44-10-6-22-41(2)7-4-8-42(3,21(41)5-9-43(22,15-44)11-17(44)35(58)59)40(60)67-38-32(57)29(54)25(50)19(13-46)63-38/h11,16,18-34,36-39,45-57H,4-10,12-15H2,1-3H3,(H,58,59)/t16-,18+,19+,20+,21?,22?,23-,24+,25+,26+,27+,28-,29-,30+,31+,32+,33-,34+,36-,37-,38-,39-,41?,42?,43?,44?/m0/s1. The third kappa shape index (κ3) is 8.55. The Hall–Kier alpha value is -2.12. The number of carboxylic acid groups (broad SMARTS) is 1. The second-order valence-electron chi connectivity index (χ2n) is 20.7. The lowest BCUT2D eigenvalue weighted by molar-refractivity contribution is -0.399. The van der Waals surface area contributed by atoms with Gasteiger partial charge < -0.3 is 109 Å². The van der Waals surface area contributed by atoms with Gasteiger partial charge in [-0.25, -0.2) is 4.79 Å². The highest BCUT2D eigenvalue weighted by Gasteiger charge is 2.69. The summed E-state index contributed by atoms with van der Waals surface area (Å²) in [5.41, 5.74) is -4.41. The molecule has 2 bridgehead atoms. The number of aliphatic hydroxyl groups excluding tert-OH is 13. The summed E-state index contributed by atoms with van der Waals surface area (Å²) in [6.45, 7) is 2.77. The number of fused-ring (bicyclic) bond motifs is 3. The Morgan fingerprint density at radius 3 is 1.72 bits per heavy atom. The molecule has 8 rings (SSSR count). The number of aliphatic hydroxyl groups is 13. The number of carboxylic acids is 1. The Morgan fingerprint density at radius 2 is 1.12 bits per heavy atom. The van der Waals surface area contributed by atoms with Crippen LogP contribution in [0.2, 0.25) is 0 Å². The van der Waals surface area contributed by atoms with Crippen molar-refractivity contribution in [2.75, 3.05) is 19.8 Å². The third-order valence-corrected chi connectivity index (χ3v) is 16.9. The molecular formula is C44H68O24. The summed E-state index contributed by atoms with van der Waals surface area (Å²) in [6, 6.07) is 0. The van der Waals surface area contributed by atoms with E-state index in [1.165, 1.54) is 6.92 Å². The molecule has 0 aromatic heterocycles. The molecule has 0 amide bonds. The fraction of sp³-hybridized carbons (Fsp3) is 0.909. The number of carbonyl (C=O) groups excluding carboxylic acids is 1. The van der Waals surface area contributed by atoms with Gasteiger partial charge in [-0.2, -0.15) is 0 Å². The molecule has 8 aliphatic rings. The minimum Gasteiger partial charge on any atom is -0.478 e. The van der Waals surface area contributed by atoms with Crippen molar-refractivity contribution in [2.24, 2.45) is 28.1 Å². The van der Waals surface area contributed by atoms with Crippen LogP contribution < -0.4 is 0 Å². The smallest absolute Gasteiger partial charge is 0.334 e. The molecule has 24 heteroatoms. The second-order valence-corrected chi connectivity index (χ2v) is 20.7. The van der Waals surface area contributed by atoms with Crippen molar-refractivity contribution in [3.05, 3.63) is 11.6 Å². The van der Waals surface area contributed by atoms with Crippen LogP contribution in [-0.4, -0.2) is 232 Å². The van der Waals surface area contributed by atoms with E-state index in [9.17, 15) is 81.1 Å². The number of carbonyl (C=O) groups is 2. The highest BCUT2D eigenvalue weighted by molar-refractivity contribution is 5.90. The number of hydrogen-bond donors (Lipinski definition) is 14. The summed E-state index contributed by atoms with van der Waals surface area (Å²) in [5.74, 6) is -2.61. The van der Waals surface area contributed by atoms with Crippen LogP contribution in [0, 0.1) is 28.1 Å². The van der Waals surface area contributed by atoms with Gasteiger partial charge >= 0.3 is 11.9 Å². The predicted molar refractivity (Wildman–Crippen MR) is 220 cm³/mol. The van der Waals surface area contributed by atoms with Crippen molar-refractivity contribution in [1.29, 1.82) is 0 Å². The largest absolute Gasteiger partial charge is 0.478 e. The first-order valence-corrected chi connectivity index (χ1v) is 23.4. The number of ether oxygens (including phenoxy) is 8. The molecule has 24 nitrogen and oxygen atoms in total. The van der Waals surface area contributed by atoms with Gasteiger partial charge in [0.15, 0.2) is 18.9 Å². The van der Waals surface area contributed by atoms with Crippen molar-refractivity contribution in [2.45, 2.75) is 201 Å². The summed E-state index contributed by atoms with van der Waals surface area (Å²) >= 11 is 0. The molecule has 26 atom stereocenters. The maximum Gasteiger partial charge on any atom is 0.334 e. The molecule has 4 aliphatic heterocycles. The van der Waals surface area contributed by atoms with Crippen molar-refractivity contribution < 1.29 is 119 Å². The molecule has 0 radical (unpaired) electrons. The first-order valence-electron chi connectivity index (χ1n) is 23.4. The van der Waals surface area contributed by atoms with Crippen LogP contribution in [0.5, 0.6) is 0 Å². The van der Waals surface area contributed by atoms with Crippen LogP contribution in [0.15, 0.2) is 11.6 Å². The Labute approximate surface area is 390 Å². The summed E-state index contributed by atoms with van der Waals surface area (Å²) in [7, 11) is 0. The van der Waals surface area contributed by atoms with Crippen LogP contribution in [0.3, 0.4) is 0 Å². The maximum absolute atomic E-state index is 14.3. The highest BCUT2D eigenvalue weighted by atomic mass is 16.8. The van der Waals surface area contributed by atoms with Crippen molar-refractivity contribution in [3.63, 3.8) is 0 Å². The molecular weight excluding hydrogens is 912 g/mol. The van der Waals surface area contributed by atoms with Crippen molar-refractivity contribution in [1.82, 2.24) is 0 Å². The van der Waals surface area contributed by atoms with Crippen LogP contribution in [0.1, 0.15) is 72.1 Å². The monoisotopic (exact) mass is 980 g/mol. The number of hydrogen-bond acceptors (Lipinski definition) is 23. The van der Waals surface area contributed by atoms with Gasteiger partial charge in [-0.1, -0.05) is 19.4 Å². The molecule has 6 unspecified atom stereocenters. The zero-order valence-electron chi connectivity index (χ0n) is 37.9. The van der Waals surface area contributed by atoms with E-state index in [2.05, 4.69) is 6.92 Å². The van der Waals surface area contributed by atoms with Gasteiger partial charge in [-0.05, 0) is 81.5 Å². The molecule has 7 fully saturated rings. The van der Waals surface area contributed by atoms with Gasteiger partial charge in [0.1, 0.15) is 97.2 Å². The van der Waals surface area contributed by atoms with Gasteiger partial charge in [0.05, 0.1) is 36.9 Å². The van der Waals surface area contributed by atoms with Crippen molar-refractivity contribution >= 4 is 11.9 Å². The van der Waals surface area contributed by atoms with Gasteiger partial charge in [0.2, 0.25) is 6.29 Å². The first-order chi connectivity index (χ1) is 32.0. The Bertz CT molecular complexity index is 1850. The molecule has 4 saturated heterocycles.